The van der Waals surface area contributed by atoms with E-state index >= 15 is 4.39 Å². The van der Waals surface area contributed by atoms with E-state index in [0.717, 1.165) is 6.07 Å². The highest BCUT2D eigenvalue weighted by atomic mass is 19.1. The Morgan fingerprint density at radius 2 is 2.11 bits per heavy atom. The molecule has 0 bridgehead atoms. The average Bonchev–Trinajstić information content (AvgIpc) is 3.01. The number of anilines is 1. The maximum absolute atomic E-state index is 15.0. The summed E-state index contributed by atoms with van der Waals surface area (Å²) in [4.78, 5) is 25.7. The van der Waals surface area contributed by atoms with Crippen LogP contribution in [0.2, 0.25) is 0 Å². The Balaban J connectivity index is 2.32. The molecule has 3 N–H and O–H groups in total. The summed E-state index contributed by atoms with van der Waals surface area (Å²) in [6.45, 7) is 2.91. The molecular weight excluding hydrogens is 357 g/mol. The Labute approximate surface area is 154 Å². The minimum Gasteiger partial charge on any atom is -0.492 e. The van der Waals surface area contributed by atoms with Crippen molar-refractivity contribution >= 4 is 22.6 Å². The number of rotatable bonds is 5. The first-order valence-electron chi connectivity index (χ1n) is 8.54. The van der Waals surface area contributed by atoms with Crippen molar-refractivity contribution in [2.24, 2.45) is 5.73 Å². The number of carboxylic acids is 1. The summed E-state index contributed by atoms with van der Waals surface area (Å²) in [5.74, 6) is -1.86. The highest BCUT2D eigenvalue weighted by Gasteiger charge is 2.34. The first-order chi connectivity index (χ1) is 12.8. The Kier molecular flexibility index (Phi) is 5.07. The summed E-state index contributed by atoms with van der Waals surface area (Å²) in [5.41, 5.74) is 5.42. The molecule has 0 aliphatic carbocycles. The van der Waals surface area contributed by atoms with Crippen LogP contribution in [0.5, 0.6) is 5.75 Å². The minimum atomic E-state index is -1.36. The zero-order valence-electron chi connectivity index (χ0n) is 15.4. The van der Waals surface area contributed by atoms with Gasteiger partial charge in [0.15, 0.2) is 11.6 Å². The lowest BCUT2D eigenvalue weighted by Crippen LogP contribution is -2.34. The van der Waals surface area contributed by atoms with Gasteiger partial charge in [0, 0.05) is 32.9 Å². The molecule has 1 fully saturated rings. The van der Waals surface area contributed by atoms with Crippen LogP contribution in [0.3, 0.4) is 0 Å². The third kappa shape index (κ3) is 3.02. The largest absolute Gasteiger partial charge is 0.492 e. The van der Waals surface area contributed by atoms with Crippen LogP contribution >= 0.6 is 0 Å². The molecule has 146 valence electrons. The minimum absolute atomic E-state index is 0.0402. The van der Waals surface area contributed by atoms with Crippen LogP contribution in [0.4, 0.5) is 10.1 Å². The van der Waals surface area contributed by atoms with Crippen molar-refractivity contribution in [3.63, 3.8) is 0 Å². The molecule has 2 atom stereocenters. The van der Waals surface area contributed by atoms with E-state index in [1.54, 1.807) is 23.5 Å². The van der Waals surface area contributed by atoms with Crippen molar-refractivity contribution in [3.05, 3.63) is 33.9 Å². The monoisotopic (exact) mass is 379 g/mol. The van der Waals surface area contributed by atoms with E-state index in [9.17, 15) is 14.7 Å². The lowest BCUT2D eigenvalue weighted by Gasteiger charge is -2.24. The lowest BCUT2D eigenvalue weighted by atomic mass is 10.1. The Bertz CT molecular complexity index is 958. The number of benzene rings is 1. The maximum Gasteiger partial charge on any atom is 0.341 e. The molecule has 9 heteroatoms. The van der Waals surface area contributed by atoms with Crippen molar-refractivity contribution in [3.8, 4) is 5.75 Å². The Hall–Kier alpha value is -2.65. The number of carbonyl (C=O) groups is 1. The van der Waals surface area contributed by atoms with Gasteiger partial charge in [-0.3, -0.25) is 4.79 Å². The predicted molar refractivity (Wildman–Crippen MR) is 98.3 cm³/mol. The number of hydrogen-bond acceptors (Lipinski definition) is 6. The highest BCUT2D eigenvalue weighted by Crippen LogP contribution is 2.39. The van der Waals surface area contributed by atoms with E-state index in [-0.39, 0.29) is 29.0 Å². The summed E-state index contributed by atoms with van der Waals surface area (Å²) in [6.07, 6.45) is 0.998. The van der Waals surface area contributed by atoms with E-state index in [1.165, 1.54) is 13.3 Å². The van der Waals surface area contributed by atoms with E-state index in [1.807, 2.05) is 0 Å². The topological polar surface area (TPSA) is 107 Å². The van der Waals surface area contributed by atoms with Gasteiger partial charge in [-0.25, -0.2) is 9.18 Å². The van der Waals surface area contributed by atoms with Gasteiger partial charge in [-0.05, 0) is 13.0 Å². The number of halogens is 1. The predicted octanol–water partition coefficient (Wildman–Crippen LogP) is 1.03. The van der Waals surface area contributed by atoms with Crippen molar-refractivity contribution in [2.45, 2.75) is 25.6 Å². The molecular formula is C18H22FN3O5. The fourth-order valence-electron chi connectivity index (χ4n) is 3.61. The van der Waals surface area contributed by atoms with Crippen LogP contribution in [0, 0.1) is 5.82 Å². The van der Waals surface area contributed by atoms with Gasteiger partial charge in [0.25, 0.3) is 0 Å². The van der Waals surface area contributed by atoms with Gasteiger partial charge in [-0.1, -0.05) is 0 Å². The molecule has 0 amide bonds. The van der Waals surface area contributed by atoms with E-state index < -0.39 is 22.8 Å². The highest BCUT2D eigenvalue weighted by molar-refractivity contribution is 5.97. The first-order valence-corrected chi connectivity index (χ1v) is 8.54. The van der Waals surface area contributed by atoms with E-state index in [4.69, 9.17) is 15.2 Å². The van der Waals surface area contributed by atoms with Gasteiger partial charge < -0.3 is 29.8 Å². The second kappa shape index (κ2) is 7.16. The Morgan fingerprint density at radius 3 is 2.63 bits per heavy atom. The average molecular weight is 379 g/mol. The molecule has 2 aromatic rings. The number of nitrogens with two attached hydrogens (primary N) is 1. The standard InChI is InChI=1S/C18H22FN3O5/c1-4-21-6-10(18(24)25)16(23)9-5-11(19)15(17(27-3)14(9)21)22-7-12(20)13(8-22)26-2/h5-6,12-13H,4,7-8,20H2,1-3H3,(H,24,25)/t12-,13+/m1/s1. The molecule has 0 spiro atoms. The van der Waals surface area contributed by atoms with Crippen molar-refractivity contribution in [2.75, 3.05) is 32.2 Å². The molecule has 1 aliphatic rings. The molecule has 8 nitrogen and oxygen atoms in total. The number of aromatic carboxylic acids is 1. The summed E-state index contributed by atoms with van der Waals surface area (Å²) in [6, 6.07) is 0.775. The number of aryl methyl sites for hydroxylation is 1. The Morgan fingerprint density at radius 1 is 1.41 bits per heavy atom. The van der Waals surface area contributed by atoms with Crippen LogP contribution in [-0.2, 0) is 11.3 Å². The zero-order valence-corrected chi connectivity index (χ0v) is 15.4. The zero-order chi connectivity index (χ0) is 19.9. The molecule has 1 aliphatic heterocycles. The summed E-state index contributed by atoms with van der Waals surface area (Å²) >= 11 is 0. The van der Waals surface area contributed by atoms with Crippen LogP contribution in [0.25, 0.3) is 10.9 Å². The fourth-order valence-corrected chi connectivity index (χ4v) is 3.61. The second-order valence-corrected chi connectivity index (χ2v) is 6.44. The number of methoxy groups -OCH3 is 2. The molecule has 1 aromatic carbocycles. The first kappa shape index (κ1) is 19.1. The number of nitrogens with zero attached hydrogens (tertiary/aromatic N) is 2. The van der Waals surface area contributed by atoms with Gasteiger partial charge >= 0.3 is 5.97 Å². The summed E-state index contributed by atoms with van der Waals surface area (Å²) in [5, 5.41) is 9.24. The number of hydrogen-bond donors (Lipinski definition) is 2. The van der Waals surface area contributed by atoms with Crippen LogP contribution in [0.15, 0.2) is 17.1 Å². The molecule has 1 saturated heterocycles. The SMILES string of the molecule is CCn1cc(C(=O)O)c(=O)c2cc(F)c(N3C[C@@H](N)[C@@H](OC)C3)c(OC)c21. The molecule has 0 saturated carbocycles. The maximum atomic E-state index is 15.0. The lowest BCUT2D eigenvalue weighted by molar-refractivity contribution is 0.0695. The van der Waals surface area contributed by atoms with Gasteiger partial charge in [-0.15, -0.1) is 0 Å². The van der Waals surface area contributed by atoms with Gasteiger partial charge in [0.1, 0.15) is 11.3 Å². The number of aromatic nitrogens is 1. The summed E-state index contributed by atoms with van der Waals surface area (Å²) in [7, 11) is 2.93. The number of fused-ring (bicyclic) bond motifs is 1. The fraction of sp³-hybridized carbons (Fsp3) is 0.444. The molecule has 3 rings (SSSR count). The second-order valence-electron chi connectivity index (χ2n) is 6.44. The summed E-state index contributed by atoms with van der Waals surface area (Å²) < 4.78 is 27.4. The van der Waals surface area contributed by atoms with E-state index in [0.29, 0.717) is 25.2 Å². The molecule has 27 heavy (non-hydrogen) atoms. The molecule has 1 aromatic heterocycles. The van der Waals surface area contributed by atoms with Crippen LogP contribution in [0.1, 0.15) is 17.3 Å². The third-order valence-corrected chi connectivity index (χ3v) is 4.95. The number of pyridine rings is 1. The van der Waals surface area contributed by atoms with Crippen molar-refractivity contribution in [1.82, 2.24) is 4.57 Å². The van der Waals surface area contributed by atoms with Crippen molar-refractivity contribution in [1.29, 1.82) is 0 Å². The number of carboxylic acid groups (broad SMARTS) is 1. The quantitative estimate of drug-likeness (QED) is 0.799. The normalized spacial score (nSPS) is 19.7. The molecule has 0 radical (unpaired) electrons. The van der Waals surface area contributed by atoms with Crippen molar-refractivity contribution < 1.29 is 23.8 Å². The van der Waals surface area contributed by atoms with Gasteiger partial charge in [0.2, 0.25) is 5.43 Å². The number of ether oxygens (including phenoxy) is 2. The van der Waals surface area contributed by atoms with Crippen LogP contribution in [-0.4, -0.2) is 55.1 Å². The van der Waals surface area contributed by atoms with E-state index in [2.05, 4.69) is 0 Å². The molecule has 0 unspecified atom stereocenters. The smallest absolute Gasteiger partial charge is 0.341 e. The van der Waals surface area contributed by atoms with Crippen LogP contribution < -0.4 is 20.8 Å². The van der Waals surface area contributed by atoms with Gasteiger partial charge in [0.05, 0.1) is 30.2 Å². The van der Waals surface area contributed by atoms with Gasteiger partial charge in [-0.2, -0.15) is 0 Å². The molecule has 2 heterocycles. The third-order valence-electron chi connectivity index (χ3n) is 4.95.